The number of ether oxygens (including phenoxy) is 4. The van der Waals surface area contributed by atoms with E-state index in [0.717, 1.165) is 5.56 Å². The fourth-order valence-electron chi connectivity index (χ4n) is 9.23. The Labute approximate surface area is 554 Å². The maximum Gasteiger partial charge on any atom is 0.451 e. The highest BCUT2D eigenvalue weighted by molar-refractivity contribution is 5.95. The third-order valence-corrected chi connectivity index (χ3v) is 14.1. The number of ketones is 5. The molecule has 5 atom stereocenters. The number of carbonyl (C=O) groups is 13. The Morgan fingerprint density at radius 3 is 1.22 bits per heavy atom. The maximum atomic E-state index is 13.8. The highest BCUT2D eigenvalue weighted by Crippen LogP contribution is 2.19. The largest absolute Gasteiger partial charge is 0.451 e. The highest BCUT2D eigenvalue weighted by Gasteiger charge is 2.31. The monoisotopic (exact) mass is 1340 g/mol. The van der Waals surface area contributed by atoms with E-state index in [1.165, 1.54) is 0 Å². The normalized spacial score (nSPS) is 12.5. The molecule has 2 aromatic carbocycles. The third kappa shape index (κ3) is 40.4. The number of unbranched alkanes of at least 4 members (excludes halogenated alkanes) is 1. The maximum absolute atomic E-state index is 13.8. The fourth-order valence-corrected chi connectivity index (χ4v) is 9.23. The summed E-state index contributed by atoms with van der Waals surface area (Å²) >= 11 is 0. The van der Waals surface area contributed by atoms with Crippen LogP contribution in [0.25, 0.3) is 0 Å². The van der Waals surface area contributed by atoms with Gasteiger partial charge in [-0.3, -0.25) is 43.2 Å². The molecular formula is C65H99N9O21. The molecule has 0 spiro atoms. The number of amides is 8. The van der Waals surface area contributed by atoms with Gasteiger partial charge in [-0.2, -0.15) is 0 Å². The second-order valence-corrected chi connectivity index (χ2v) is 23.2. The van der Waals surface area contributed by atoms with Gasteiger partial charge in [-0.25, -0.2) is 38.7 Å². The van der Waals surface area contributed by atoms with Gasteiger partial charge in [0.1, 0.15) is 0 Å². The van der Waals surface area contributed by atoms with Gasteiger partial charge >= 0.3 is 24.4 Å². The first kappa shape index (κ1) is 82.6. The minimum atomic E-state index is -1.37. The lowest BCUT2D eigenvalue weighted by Crippen LogP contribution is -2.46. The van der Waals surface area contributed by atoms with Crippen molar-refractivity contribution < 1.29 is 101 Å². The van der Waals surface area contributed by atoms with Gasteiger partial charge in [-0.05, 0) is 80.8 Å². The van der Waals surface area contributed by atoms with Crippen LogP contribution in [0, 0.1) is 23.7 Å². The Morgan fingerprint density at radius 2 is 0.821 bits per heavy atom. The van der Waals surface area contributed by atoms with Crippen LogP contribution in [0.4, 0.5) is 19.2 Å². The molecule has 0 heterocycles. The van der Waals surface area contributed by atoms with Gasteiger partial charge in [0.15, 0.2) is 28.9 Å². The van der Waals surface area contributed by atoms with Crippen LogP contribution in [0.5, 0.6) is 0 Å². The zero-order valence-corrected chi connectivity index (χ0v) is 55.6. The molecule has 0 aromatic heterocycles. The first-order valence-electron chi connectivity index (χ1n) is 32.0. The van der Waals surface area contributed by atoms with Gasteiger partial charge in [-0.15, -0.1) is 0 Å². The minimum Gasteiger partial charge on any atom is -0.382 e. The lowest BCUT2D eigenvalue weighted by Gasteiger charge is -2.23. The van der Waals surface area contributed by atoms with E-state index in [2.05, 4.69) is 62.1 Å². The number of benzene rings is 2. The summed E-state index contributed by atoms with van der Waals surface area (Å²) in [6.07, 6.45) is -4.23. The molecule has 530 valence electrons. The number of methoxy groups -OCH3 is 2. The smallest absolute Gasteiger partial charge is 0.382 e. The molecule has 0 radical (unpaired) electrons. The summed E-state index contributed by atoms with van der Waals surface area (Å²) in [7, 11) is 3.13. The first-order valence-corrected chi connectivity index (χ1v) is 32.0. The number of nitrogens with two attached hydrogens (primary N) is 1. The Hall–Kier alpha value is -8.45. The van der Waals surface area contributed by atoms with E-state index in [4.69, 9.17) is 24.7 Å². The van der Waals surface area contributed by atoms with Crippen LogP contribution in [-0.2, 0) is 94.5 Å². The van der Waals surface area contributed by atoms with Crippen molar-refractivity contribution in [2.75, 3.05) is 93.1 Å². The van der Waals surface area contributed by atoms with Gasteiger partial charge in [0.2, 0.25) is 23.6 Å². The molecule has 8 amide bonds. The molecule has 30 heteroatoms. The summed E-state index contributed by atoms with van der Waals surface area (Å²) in [4.78, 5) is 186. The zero-order chi connectivity index (χ0) is 70.2. The average molecular weight is 1340 g/mol. The Morgan fingerprint density at radius 1 is 0.421 bits per heavy atom. The Bertz CT molecular complexity index is 2690. The molecule has 0 fully saturated rings. The predicted octanol–water partition coefficient (Wildman–Crippen LogP) is 3.52. The summed E-state index contributed by atoms with van der Waals surface area (Å²) in [5, 5.41) is 19.9. The SMILES string of the molecule is COCCOCCCNC(=O)CCC(=O)C(CC(C)C)NC(=O)C(CC(=O)CNC(=O)OOC(=O)NCCCCC(NC(=O)OOC(=O)NCC(=O)CC(Cc1ccccc1)C(=O)NC(CC(C)C)C(=O)CCC(=O)NCCCOCCOC)C(=O)CN)Cc1ccccc1. The quantitative estimate of drug-likeness (QED) is 0.0260. The van der Waals surface area contributed by atoms with Crippen molar-refractivity contribution in [1.82, 2.24) is 42.5 Å². The van der Waals surface area contributed by atoms with Crippen molar-refractivity contribution in [3.05, 3.63) is 71.8 Å². The fraction of sp³-hybridized carbons (Fsp3) is 0.615. The molecule has 0 aliphatic carbocycles. The molecule has 30 nitrogen and oxygen atoms in total. The molecule has 0 saturated heterocycles. The van der Waals surface area contributed by atoms with Crippen molar-refractivity contribution in [2.45, 2.75) is 142 Å². The molecule has 0 saturated carbocycles. The summed E-state index contributed by atoms with van der Waals surface area (Å²) < 4.78 is 20.6. The van der Waals surface area contributed by atoms with Crippen LogP contribution in [0.3, 0.4) is 0 Å². The van der Waals surface area contributed by atoms with Gasteiger partial charge < -0.3 is 67.2 Å². The average Bonchev–Trinajstić information content (AvgIpc) is 0.947. The number of Topliss-reactive ketones (excluding diaryl/α,β-unsaturated/α-hetero) is 5. The summed E-state index contributed by atoms with van der Waals surface area (Å²) in [6.45, 7) is 8.97. The molecule has 0 bridgehead atoms. The van der Waals surface area contributed by atoms with E-state index in [-0.39, 0.29) is 125 Å². The number of hydrogen-bond donors (Lipinski definition) is 9. The van der Waals surface area contributed by atoms with Crippen LogP contribution in [0.15, 0.2) is 60.7 Å². The zero-order valence-electron chi connectivity index (χ0n) is 55.6. The Balaban J connectivity index is 1.83. The van der Waals surface area contributed by atoms with E-state index in [1.54, 1.807) is 74.9 Å². The molecular weight excluding hydrogens is 1240 g/mol. The summed E-state index contributed by atoms with van der Waals surface area (Å²) in [5.41, 5.74) is 6.98. The van der Waals surface area contributed by atoms with Crippen molar-refractivity contribution in [3.8, 4) is 0 Å². The highest BCUT2D eigenvalue weighted by atomic mass is 17.2. The molecule has 95 heavy (non-hydrogen) atoms. The standard InChI is InChI=1S/C65H99N9O21/c1-44(2)35-53(55(77)22-24-58(80)67-27-15-29-90-33-31-88-5)72-60(82)48(37-46-17-9-7-10-18-46)39-50(75)42-70-63(85)93-92-62(84)69-26-14-13-21-52(57(79)41-66)74-65(87)95-94-64(86)71-43-51(76)40-49(38-47-19-11-8-12-20-47)61(83)73-54(36-45(3)4)56(78)23-25-59(81)68-28-16-30-91-34-32-89-6/h7-12,17-20,44-45,48-49,52-54H,13-16,21-43,66H2,1-6H3,(H,67,80)(H,68,81)(H,69,84)(H,70,85)(H,71,86)(H,72,82)(H,73,83)(H,74,87). The summed E-state index contributed by atoms with van der Waals surface area (Å²) in [5.74, 6) is -6.38. The van der Waals surface area contributed by atoms with E-state index in [1.807, 2.05) is 27.7 Å². The lowest BCUT2D eigenvalue weighted by molar-refractivity contribution is -0.179. The number of nitrogens with one attached hydrogen (secondary N) is 8. The Kier molecular flexibility index (Phi) is 43.5. The van der Waals surface area contributed by atoms with Crippen molar-refractivity contribution >= 4 is 76.9 Å². The molecule has 10 N–H and O–H groups in total. The van der Waals surface area contributed by atoms with Crippen molar-refractivity contribution in [2.24, 2.45) is 29.4 Å². The van der Waals surface area contributed by atoms with Gasteiger partial charge in [0.05, 0.1) is 64.2 Å². The number of hydrogen-bond acceptors (Lipinski definition) is 22. The van der Waals surface area contributed by atoms with Crippen LogP contribution in [-0.4, -0.2) is 188 Å². The predicted molar refractivity (Wildman–Crippen MR) is 343 cm³/mol. The molecule has 5 unspecified atom stereocenters. The number of rotatable bonds is 50. The van der Waals surface area contributed by atoms with E-state index >= 15 is 0 Å². The topological polar surface area (TPSA) is 418 Å². The van der Waals surface area contributed by atoms with Crippen molar-refractivity contribution in [3.63, 3.8) is 0 Å². The minimum absolute atomic E-state index is 0.0152. The van der Waals surface area contributed by atoms with Crippen LogP contribution in [0.1, 0.15) is 122 Å². The first-order chi connectivity index (χ1) is 45.5. The lowest BCUT2D eigenvalue weighted by atomic mass is 9.91. The second kappa shape index (κ2) is 50.0. The van der Waals surface area contributed by atoms with Gasteiger partial charge in [-0.1, -0.05) is 88.4 Å². The van der Waals surface area contributed by atoms with Crippen molar-refractivity contribution in [1.29, 1.82) is 0 Å². The van der Waals surface area contributed by atoms with Gasteiger partial charge in [0.25, 0.3) is 0 Å². The second-order valence-electron chi connectivity index (χ2n) is 23.2. The van der Waals surface area contributed by atoms with E-state index < -0.39 is 103 Å². The molecule has 0 aliphatic rings. The van der Waals surface area contributed by atoms with Crippen LogP contribution in [0.2, 0.25) is 0 Å². The van der Waals surface area contributed by atoms with E-state index in [9.17, 15) is 62.3 Å². The third-order valence-electron chi connectivity index (χ3n) is 14.1. The summed E-state index contributed by atoms with van der Waals surface area (Å²) in [6, 6.07) is 14.5. The van der Waals surface area contributed by atoms with Crippen LogP contribution < -0.4 is 48.3 Å². The van der Waals surface area contributed by atoms with Gasteiger partial charge in [0, 0.05) is 97.4 Å². The number of carbonyl (C=O) groups excluding carboxylic acids is 13. The molecule has 0 aliphatic heterocycles. The van der Waals surface area contributed by atoms with E-state index in [0.29, 0.717) is 71.1 Å². The molecule has 2 aromatic rings. The van der Waals surface area contributed by atoms with Crippen LogP contribution >= 0.6 is 0 Å². The molecule has 2 rings (SSSR count).